The molecule has 2 N–H and O–H groups in total. The van der Waals surface area contributed by atoms with E-state index < -0.39 is 39.5 Å². The average molecular weight is 553 g/mol. The fraction of sp³-hybridized carbons (Fsp3) is 0.276. The maximum atomic E-state index is 13.1. The summed E-state index contributed by atoms with van der Waals surface area (Å²) in [6.45, 7) is 5.24. The standard InChI is InChI=1S/C29H32N2O7S/c1-28(2,3)30-39(36,37)25-13-9-8-12-24(25)22-14-16-23(17-15-22)31(20-32)29(19-26(33)34,27(35)38-4)18-21-10-6-5-7-11-21/h5-17,20,30H,18-19H2,1-4H3,(H,33,34). The zero-order valence-corrected chi connectivity index (χ0v) is 23.1. The second-order valence-electron chi connectivity index (χ2n) is 10.1. The van der Waals surface area contributed by atoms with Crippen molar-refractivity contribution in [2.45, 2.75) is 49.6 Å². The van der Waals surface area contributed by atoms with Crippen molar-refractivity contribution in [1.29, 1.82) is 0 Å². The van der Waals surface area contributed by atoms with Crippen LogP contribution in [0.3, 0.4) is 0 Å². The van der Waals surface area contributed by atoms with Crippen LogP contribution in [-0.4, -0.2) is 50.1 Å². The third kappa shape index (κ3) is 6.90. The van der Waals surface area contributed by atoms with Crippen molar-refractivity contribution < 1.29 is 32.6 Å². The Morgan fingerprint density at radius 2 is 1.54 bits per heavy atom. The fourth-order valence-corrected chi connectivity index (χ4v) is 6.11. The number of carbonyl (C=O) groups excluding carboxylic acids is 2. The first-order valence-corrected chi connectivity index (χ1v) is 13.6. The zero-order chi connectivity index (χ0) is 28.8. The van der Waals surface area contributed by atoms with E-state index in [4.69, 9.17) is 4.74 Å². The van der Waals surface area contributed by atoms with Crippen molar-refractivity contribution in [2.24, 2.45) is 0 Å². The van der Waals surface area contributed by atoms with Gasteiger partial charge in [-0.05, 0) is 50.1 Å². The number of carboxylic acids is 1. The summed E-state index contributed by atoms with van der Waals surface area (Å²) in [6, 6.07) is 21.6. The van der Waals surface area contributed by atoms with Crippen LogP contribution in [0.1, 0.15) is 32.8 Å². The van der Waals surface area contributed by atoms with Crippen LogP contribution in [0.15, 0.2) is 83.8 Å². The van der Waals surface area contributed by atoms with Crippen molar-refractivity contribution in [3.63, 3.8) is 0 Å². The molecule has 3 aromatic rings. The second kappa shape index (κ2) is 11.8. The fourth-order valence-electron chi connectivity index (χ4n) is 4.46. The molecule has 10 heteroatoms. The molecule has 0 saturated carbocycles. The number of sulfonamides is 1. The molecule has 3 rings (SSSR count). The number of nitrogens with zero attached hydrogens (tertiary/aromatic N) is 1. The van der Waals surface area contributed by atoms with Gasteiger partial charge in [0.05, 0.1) is 18.4 Å². The molecule has 1 amide bonds. The van der Waals surface area contributed by atoms with Gasteiger partial charge >= 0.3 is 11.9 Å². The number of benzene rings is 3. The number of methoxy groups -OCH3 is 1. The Labute approximate surface area is 228 Å². The van der Waals surface area contributed by atoms with Gasteiger partial charge in [-0.1, -0.05) is 60.7 Å². The Morgan fingerprint density at radius 3 is 2.08 bits per heavy atom. The van der Waals surface area contributed by atoms with E-state index in [0.717, 1.165) is 12.0 Å². The summed E-state index contributed by atoms with van der Waals surface area (Å²) in [5, 5.41) is 9.73. The normalized spacial score (nSPS) is 13.2. The molecule has 0 aliphatic heterocycles. The van der Waals surface area contributed by atoms with Crippen LogP contribution in [0.25, 0.3) is 11.1 Å². The van der Waals surface area contributed by atoms with Gasteiger partial charge in [0.2, 0.25) is 16.4 Å². The summed E-state index contributed by atoms with van der Waals surface area (Å²) in [6.07, 6.45) is -0.398. The van der Waals surface area contributed by atoms with Gasteiger partial charge in [-0.2, -0.15) is 0 Å². The third-order valence-corrected chi connectivity index (χ3v) is 7.80. The number of nitrogens with one attached hydrogen (secondary N) is 1. The van der Waals surface area contributed by atoms with Gasteiger partial charge in [0, 0.05) is 23.2 Å². The number of carboxylic acid groups (broad SMARTS) is 1. The van der Waals surface area contributed by atoms with Crippen LogP contribution in [0.4, 0.5) is 5.69 Å². The van der Waals surface area contributed by atoms with E-state index in [1.165, 1.54) is 18.2 Å². The Bertz CT molecular complexity index is 1430. The highest BCUT2D eigenvalue weighted by atomic mass is 32.2. The zero-order valence-electron chi connectivity index (χ0n) is 22.2. The van der Waals surface area contributed by atoms with Gasteiger partial charge in [-0.3, -0.25) is 14.5 Å². The number of esters is 1. The number of hydrogen-bond acceptors (Lipinski definition) is 6. The van der Waals surface area contributed by atoms with Gasteiger partial charge in [-0.25, -0.2) is 17.9 Å². The van der Waals surface area contributed by atoms with Gasteiger partial charge in [0.25, 0.3) is 0 Å². The predicted octanol–water partition coefficient (Wildman–Crippen LogP) is 4.02. The van der Waals surface area contributed by atoms with Crippen LogP contribution in [0.5, 0.6) is 0 Å². The SMILES string of the molecule is COC(=O)C(CC(=O)O)(Cc1ccccc1)N(C=O)c1ccc(-c2ccccc2S(=O)(=O)NC(C)(C)C)cc1. The monoisotopic (exact) mass is 552 g/mol. The van der Waals surface area contributed by atoms with Gasteiger partial charge in [-0.15, -0.1) is 0 Å². The average Bonchev–Trinajstić information content (AvgIpc) is 2.88. The van der Waals surface area contributed by atoms with E-state index in [-0.39, 0.29) is 17.0 Å². The molecule has 1 atom stereocenters. The molecule has 0 spiro atoms. The first-order valence-electron chi connectivity index (χ1n) is 12.2. The minimum Gasteiger partial charge on any atom is -0.481 e. The largest absolute Gasteiger partial charge is 0.481 e. The maximum absolute atomic E-state index is 13.1. The summed E-state index contributed by atoms with van der Waals surface area (Å²) in [4.78, 5) is 38.7. The van der Waals surface area contributed by atoms with Gasteiger partial charge < -0.3 is 9.84 Å². The highest BCUT2D eigenvalue weighted by Crippen LogP contribution is 2.34. The van der Waals surface area contributed by atoms with E-state index in [9.17, 15) is 27.9 Å². The number of amides is 1. The lowest BCUT2D eigenvalue weighted by molar-refractivity contribution is -0.153. The number of anilines is 1. The molecular weight excluding hydrogens is 520 g/mol. The van der Waals surface area contributed by atoms with Crippen molar-refractivity contribution in [3.8, 4) is 11.1 Å². The maximum Gasteiger partial charge on any atom is 0.333 e. The quantitative estimate of drug-likeness (QED) is 0.271. The van der Waals surface area contributed by atoms with Crippen LogP contribution < -0.4 is 9.62 Å². The lowest BCUT2D eigenvalue weighted by atomic mass is 9.85. The summed E-state index contributed by atoms with van der Waals surface area (Å²) in [5.41, 5.74) is -0.705. The van der Waals surface area contributed by atoms with Crippen LogP contribution >= 0.6 is 0 Å². The molecule has 0 aliphatic carbocycles. The Hall–Kier alpha value is -4.02. The molecule has 0 aliphatic rings. The molecule has 1 unspecified atom stereocenters. The van der Waals surface area contributed by atoms with E-state index in [1.807, 2.05) is 0 Å². The van der Waals surface area contributed by atoms with Crippen molar-refractivity contribution >= 4 is 34.1 Å². The summed E-state index contributed by atoms with van der Waals surface area (Å²) in [5.74, 6) is -2.17. The first kappa shape index (κ1) is 29.5. The molecule has 0 radical (unpaired) electrons. The number of ether oxygens (including phenoxy) is 1. The van der Waals surface area contributed by atoms with E-state index >= 15 is 0 Å². The van der Waals surface area contributed by atoms with E-state index in [0.29, 0.717) is 23.1 Å². The molecule has 0 aromatic heterocycles. The minimum atomic E-state index is -3.86. The second-order valence-corrected chi connectivity index (χ2v) is 11.8. The van der Waals surface area contributed by atoms with Crippen molar-refractivity contribution in [1.82, 2.24) is 4.72 Å². The van der Waals surface area contributed by atoms with Crippen molar-refractivity contribution in [3.05, 3.63) is 84.4 Å². The smallest absolute Gasteiger partial charge is 0.333 e. The minimum absolute atomic E-state index is 0.0822. The van der Waals surface area contributed by atoms with Crippen LogP contribution in [-0.2, 0) is 35.6 Å². The molecular formula is C29H32N2O7S. The highest BCUT2D eigenvalue weighted by Gasteiger charge is 2.48. The predicted molar refractivity (Wildman–Crippen MR) is 148 cm³/mol. The summed E-state index contributed by atoms with van der Waals surface area (Å²) >= 11 is 0. The molecule has 3 aromatic carbocycles. The Kier molecular flexibility index (Phi) is 8.93. The highest BCUT2D eigenvalue weighted by molar-refractivity contribution is 7.89. The third-order valence-electron chi connectivity index (χ3n) is 5.99. The lowest BCUT2D eigenvalue weighted by Gasteiger charge is -2.38. The molecule has 9 nitrogen and oxygen atoms in total. The lowest BCUT2D eigenvalue weighted by Crippen LogP contribution is -2.58. The molecule has 39 heavy (non-hydrogen) atoms. The Balaban J connectivity index is 2.10. The molecule has 0 saturated heterocycles. The van der Waals surface area contributed by atoms with Gasteiger partial charge in [0.15, 0.2) is 5.54 Å². The number of carbonyl (C=O) groups is 3. The number of rotatable bonds is 11. The topological polar surface area (TPSA) is 130 Å². The Morgan fingerprint density at radius 1 is 0.949 bits per heavy atom. The first-order chi connectivity index (χ1) is 18.3. The summed E-state index contributed by atoms with van der Waals surface area (Å²) < 4.78 is 33.9. The number of aliphatic carboxylic acids is 1. The van der Waals surface area contributed by atoms with E-state index in [2.05, 4.69) is 4.72 Å². The molecule has 0 fully saturated rings. The van der Waals surface area contributed by atoms with Crippen LogP contribution in [0, 0.1) is 0 Å². The summed E-state index contributed by atoms with van der Waals surface area (Å²) in [7, 11) is -2.72. The van der Waals surface area contributed by atoms with Gasteiger partial charge in [0.1, 0.15) is 0 Å². The molecule has 0 bridgehead atoms. The molecule has 0 heterocycles. The molecule has 206 valence electrons. The van der Waals surface area contributed by atoms with E-state index in [1.54, 1.807) is 81.4 Å². The van der Waals surface area contributed by atoms with Crippen LogP contribution in [0.2, 0.25) is 0 Å². The van der Waals surface area contributed by atoms with Crippen molar-refractivity contribution in [2.75, 3.05) is 12.0 Å². The number of hydrogen-bond donors (Lipinski definition) is 2.